The summed E-state index contributed by atoms with van der Waals surface area (Å²) in [6.07, 6.45) is 2.01. The van der Waals surface area contributed by atoms with Crippen molar-refractivity contribution in [1.82, 2.24) is 0 Å². The summed E-state index contributed by atoms with van der Waals surface area (Å²) in [6.45, 7) is 6.22. The molecular weight excluding hydrogens is 226 g/mol. The van der Waals surface area contributed by atoms with Crippen molar-refractivity contribution in [2.24, 2.45) is 5.92 Å². The van der Waals surface area contributed by atoms with Gasteiger partial charge in [-0.2, -0.15) is 0 Å². The van der Waals surface area contributed by atoms with E-state index in [0.29, 0.717) is 5.92 Å². The van der Waals surface area contributed by atoms with Crippen LogP contribution in [0.2, 0.25) is 0 Å². The molecule has 0 aliphatic carbocycles. The van der Waals surface area contributed by atoms with Gasteiger partial charge in [0, 0.05) is 24.3 Å². The molecule has 2 rings (SSSR count). The summed E-state index contributed by atoms with van der Waals surface area (Å²) in [5.74, 6) is 1.49. The van der Waals surface area contributed by atoms with Crippen molar-refractivity contribution in [3.05, 3.63) is 23.8 Å². The molecule has 3 heteroatoms. The average Bonchev–Trinajstić information content (AvgIpc) is 2.37. The van der Waals surface area contributed by atoms with Crippen molar-refractivity contribution in [3.63, 3.8) is 0 Å². The van der Waals surface area contributed by atoms with Gasteiger partial charge >= 0.3 is 0 Å². The number of anilines is 1. The van der Waals surface area contributed by atoms with E-state index in [2.05, 4.69) is 17.9 Å². The van der Waals surface area contributed by atoms with Gasteiger partial charge in [0.2, 0.25) is 0 Å². The van der Waals surface area contributed by atoms with Crippen LogP contribution in [0, 0.1) is 5.92 Å². The number of benzene rings is 1. The first-order valence-corrected chi connectivity index (χ1v) is 6.73. The van der Waals surface area contributed by atoms with E-state index in [1.807, 2.05) is 12.1 Å². The van der Waals surface area contributed by atoms with Gasteiger partial charge in [-0.15, -0.1) is 0 Å². The third kappa shape index (κ3) is 2.61. The summed E-state index contributed by atoms with van der Waals surface area (Å²) < 4.78 is 5.38. The molecule has 0 bridgehead atoms. The molecule has 2 atom stereocenters. The highest BCUT2D eigenvalue weighted by Crippen LogP contribution is 2.36. The Morgan fingerprint density at radius 1 is 1.44 bits per heavy atom. The minimum absolute atomic E-state index is 0.506. The number of methoxy groups -OCH3 is 1. The lowest BCUT2D eigenvalue weighted by Gasteiger charge is -2.35. The summed E-state index contributed by atoms with van der Waals surface area (Å²) >= 11 is 0. The van der Waals surface area contributed by atoms with E-state index in [-0.39, 0.29) is 0 Å². The van der Waals surface area contributed by atoms with Crippen LogP contribution < -0.4 is 9.64 Å². The molecule has 1 heterocycles. The van der Waals surface area contributed by atoms with Crippen molar-refractivity contribution >= 4 is 5.69 Å². The summed E-state index contributed by atoms with van der Waals surface area (Å²) in [7, 11) is 1.66. The van der Waals surface area contributed by atoms with Crippen molar-refractivity contribution < 1.29 is 9.84 Å². The largest absolute Gasteiger partial charge is 0.496 e. The van der Waals surface area contributed by atoms with Crippen LogP contribution in [0.1, 0.15) is 38.4 Å². The molecule has 3 nitrogen and oxygen atoms in total. The summed E-state index contributed by atoms with van der Waals surface area (Å²) in [6, 6.07) is 6.00. The van der Waals surface area contributed by atoms with Gasteiger partial charge in [-0.1, -0.05) is 13.0 Å². The van der Waals surface area contributed by atoms with E-state index < -0.39 is 6.10 Å². The van der Waals surface area contributed by atoms with Crippen LogP contribution in [0.4, 0.5) is 5.69 Å². The topological polar surface area (TPSA) is 32.7 Å². The van der Waals surface area contributed by atoms with Crippen LogP contribution in [0.3, 0.4) is 0 Å². The first kappa shape index (κ1) is 13.2. The molecular formula is C15H23NO2. The maximum atomic E-state index is 10.0. The second-order valence-electron chi connectivity index (χ2n) is 5.26. The summed E-state index contributed by atoms with van der Waals surface area (Å²) in [5, 5.41) is 10.0. The highest BCUT2D eigenvalue weighted by molar-refractivity contribution is 5.60. The Hall–Kier alpha value is -1.22. The van der Waals surface area contributed by atoms with Gasteiger partial charge in [-0.3, -0.25) is 0 Å². The fourth-order valence-corrected chi connectivity index (χ4v) is 2.81. The van der Waals surface area contributed by atoms with Crippen molar-refractivity contribution in [1.29, 1.82) is 0 Å². The molecule has 1 fully saturated rings. The molecule has 1 aromatic rings. The van der Waals surface area contributed by atoms with Crippen molar-refractivity contribution in [2.75, 3.05) is 25.1 Å². The van der Waals surface area contributed by atoms with Gasteiger partial charge in [0.15, 0.2) is 0 Å². The predicted octanol–water partition coefficient (Wildman–Crippen LogP) is 2.98. The summed E-state index contributed by atoms with van der Waals surface area (Å²) in [4.78, 5) is 2.37. The maximum Gasteiger partial charge on any atom is 0.126 e. The molecule has 2 unspecified atom stereocenters. The van der Waals surface area contributed by atoms with Gasteiger partial charge in [0.1, 0.15) is 5.75 Å². The molecule has 1 N–H and O–H groups in total. The highest BCUT2D eigenvalue weighted by Gasteiger charge is 2.22. The Morgan fingerprint density at radius 3 is 2.83 bits per heavy atom. The van der Waals surface area contributed by atoms with Crippen LogP contribution >= 0.6 is 0 Å². The zero-order chi connectivity index (χ0) is 13.1. The second kappa shape index (κ2) is 5.61. The van der Waals surface area contributed by atoms with Crippen LogP contribution in [-0.4, -0.2) is 25.3 Å². The first-order valence-electron chi connectivity index (χ1n) is 6.73. The van der Waals surface area contributed by atoms with Gasteiger partial charge in [0.05, 0.1) is 13.2 Å². The Kier molecular flexibility index (Phi) is 4.12. The third-order valence-electron chi connectivity index (χ3n) is 3.68. The van der Waals surface area contributed by atoms with Crippen molar-refractivity contribution in [2.45, 2.75) is 32.8 Å². The van der Waals surface area contributed by atoms with E-state index in [9.17, 15) is 5.11 Å². The number of rotatable bonds is 3. The van der Waals surface area contributed by atoms with Crippen LogP contribution in [0.5, 0.6) is 5.75 Å². The molecule has 0 aromatic heterocycles. The van der Waals surface area contributed by atoms with Crippen LogP contribution in [-0.2, 0) is 0 Å². The predicted molar refractivity (Wildman–Crippen MR) is 74.2 cm³/mol. The molecule has 1 saturated heterocycles. The van der Waals surface area contributed by atoms with E-state index in [1.165, 1.54) is 12.8 Å². The van der Waals surface area contributed by atoms with Gasteiger partial charge in [-0.05, 0) is 37.8 Å². The molecule has 1 aliphatic rings. The minimum Gasteiger partial charge on any atom is -0.496 e. The normalized spacial score (nSPS) is 21.8. The first-order chi connectivity index (χ1) is 8.63. The molecule has 18 heavy (non-hydrogen) atoms. The fourth-order valence-electron chi connectivity index (χ4n) is 2.81. The van der Waals surface area contributed by atoms with E-state index in [0.717, 1.165) is 30.1 Å². The third-order valence-corrected chi connectivity index (χ3v) is 3.68. The van der Waals surface area contributed by atoms with E-state index >= 15 is 0 Å². The SMILES string of the molecule is COc1cccc(N2CCCC(C)C2)c1C(C)O. The zero-order valence-corrected chi connectivity index (χ0v) is 11.5. The number of hydrogen-bond acceptors (Lipinski definition) is 3. The quantitative estimate of drug-likeness (QED) is 0.894. The Labute approximate surface area is 109 Å². The van der Waals surface area contributed by atoms with Gasteiger partial charge in [0.25, 0.3) is 0 Å². The maximum absolute atomic E-state index is 10.0. The van der Waals surface area contributed by atoms with Gasteiger partial charge in [-0.25, -0.2) is 0 Å². The number of aliphatic hydroxyl groups is 1. The van der Waals surface area contributed by atoms with E-state index in [1.54, 1.807) is 14.0 Å². The van der Waals surface area contributed by atoms with Gasteiger partial charge < -0.3 is 14.7 Å². The van der Waals surface area contributed by atoms with Crippen molar-refractivity contribution in [3.8, 4) is 5.75 Å². The number of ether oxygens (including phenoxy) is 1. The monoisotopic (exact) mass is 249 g/mol. The van der Waals surface area contributed by atoms with Crippen LogP contribution in [0.25, 0.3) is 0 Å². The molecule has 1 aliphatic heterocycles. The van der Waals surface area contributed by atoms with E-state index in [4.69, 9.17) is 4.74 Å². The average molecular weight is 249 g/mol. The Balaban J connectivity index is 2.36. The molecule has 0 radical (unpaired) electrons. The number of nitrogens with zero attached hydrogens (tertiary/aromatic N) is 1. The number of hydrogen-bond donors (Lipinski definition) is 1. The summed E-state index contributed by atoms with van der Waals surface area (Å²) in [5.41, 5.74) is 2.03. The van der Waals surface area contributed by atoms with Crippen LogP contribution in [0.15, 0.2) is 18.2 Å². The molecule has 0 spiro atoms. The Bertz CT molecular complexity index is 403. The lowest BCUT2D eigenvalue weighted by atomic mass is 9.97. The molecule has 0 amide bonds. The zero-order valence-electron chi connectivity index (χ0n) is 11.5. The molecule has 1 aromatic carbocycles. The smallest absolute Gasteiger partial charge is 0.126 e. The number of aliphatic hydroxyl groups excluding tert-OH is 1. The number of piperidine rings is 1. The molecule has 0 saturated carbocycles. The second-order valence-corrected chi connectivity index (χ2v) is 5.26. The fraction of sp³-hybridized carbons (Fsp3) is 0.600. The molecule has 100 valence electrons. The Morgan fingerprint density at radius 2 is 2.22 bits per heavy atom. The standard InChI is InChI=1S/C15H23NO2/c1-11-6-5-9-16(10-11)13-7-4-8-14(18-3)15(13)12(2)17/h4,7-8,11-12,17H,5-6,9-10H2,1-3H3. The lowest BCUT2D eigenvalue weighted by Crippen LogP contribution is -2.35. The highest BCUT2D eigenvalue weighted by atomic mass is 16.5. The lowest BCUT2D eigenvalue weighted by molar-refractivity contribution is 0.194. The minimum atomic E-state index is -0.506.